The second-order valence-corrected chi connectivity index (χ2v) is 8.28. The lowest BCUT2D eigenvalue weighted by Crippen LogP contribution is -2.48. The molecule has 34 heavy (non-hydrogen) atoms. The lowest BCUT2D eigenvalue weighted by Gasteiger charge is -2.34. The van der Waals surface area contributed by atoms with Gasteiger partial charge in [-0.25, -0.2) is 0 Å². The molecule has 0 aliphatic carbocycles. The average molecular weight is 469 g/mol. The molecule has 0 atom stereocenters. The zero-order valence-electron chi connectivity index (χ0n) is 18.2. The van der Waals surface area contributed by atoms with E-state index in [2.05, 4.69) is 20.0 Å². The van der Waals surface area contributed by atoms with Gasteiger partial charge in [0.1, 0.15) is 0 Å². The average Bonchev–Trinajstić information content (AvgIpc) is 3.47. The Bertz CT molecular complexity index is 1310. The fraction of sp³-hybridized carbons (Fsp3) is 0.292. The van der Waals surface area contributed by atoms with Crippen molar-refractivity contribution in [2.75, 3.05) is 26.2 Å². The third-order valence-electron chi connectivity index (χ3n) is 6.02. The standard InChI is InChI=1S/C24H22F3N5O2/c25-24(26,27)18-5-3-4-16(12-18)23-29-21(34-30-23)15-31-8-10-32(11-9-31)22(33)13-17-14-28-20-7-2-1-6-19(17)20/h1-7,12,14,28H,8-11,13,15H2. The predicted molar refractivity (Wildman–Crippen MR) is 119 cm³/mol. The molecule has 10 heteroatoms. The quantitative estimate of drug-likeness (QED) is 0.476. The van der Waals surface area contributed by atoms with E-state index >= 15 is 0 Å². The van der Waals surface area contributed by atoms with E-state index in [0.29, 0.717) is 45.0 Å². The van der Waals surface area contributed by atoms with Gasteiger partial charge in [0.05, 0.1) is 18.5 Å². The largest absolute Gasteiger partial charge is 0.416 e. The Morgan fingerprint density at radius 3 is 2.65 bits per heavy atom. The SMILES string of the molecule is O=C(Cc1c[nH]c2ccccc12)N1CCN(Cc2nc(-c3cccc(C(F)(F)F)c3)no2)CC1. The number of halogens is 3. The van der Waals surface area contributed by atoms with Crippen molar-refractivity contribution < 1.29 is 22.5 Å². The van der Waals surface area contributed by atoms with Gasteiger partial charge >= 0.3 is 6.18 Å². The van der Waals surface area contributed by atoms with Gasteiger partial charge in [-0.1, -0.05) is 35.5 Å². The third-order valence-corrected chi connectivity index (χ3v) is 6.02. The number of carbonyl (C=O) groups excluding carboxylic acids is 1. The topological polar surface area (TPSA) is 78.3 Å². The summed E-state index contributed by atoms with van der Waals surface area (Å²) >= 11 is 0. The van der Waals surface area contributed by atoms with Crippen LogP contribution in [0.25, 0.3) is 22.3 Å². The number of H-pyrrole nitrogens is 1. The molecule has 1 fully saturated rings. The molecule has 3 heterocycles. The van der Waals surface area contributed by atoms with Gasteiger partial charge in [0.25, 0.3) is 0 Å². The summed E-state index contributed by atoms with van der Waals surface area (Å²) in [6.07, 6.45) is -2.21. The van der Waals surface area contributed by atoms with Crippen LogP contribution in [0.2, 0.25) is 0 Å². The molecule has 0 spiro atoms. The van der Waals surface area contributed by atoms with Crippen LogP contribution in [-0.4, -0.2) is 57.0 Å². The second-order valence-electron chi connectivity index (χ2n) is 8.28. The van der Waals surface area contributed by atoms with Crippen LogP contribution in [-0.2, 0) is 23.9 Å². The van der Waals surface area contributed by atoms with Gasteiger partial charge in [-0.15, -0.1) is 0 Å². The molecular formula is C24H22F3N5O2. The van der Waals surface area contributed by atoms with Gasteiger partial charge in [0, 0.05) is 48.8 Å². The van der Waals surface area contributed by atoms with Crippen molar-refractivity contribution in [1.29, 1.82) is 0 Å². The Morgan fingerprint density at radius 2 is 1.85 bits per heavy atom. The molecule has 1 aliphatic rings. The van der Waals surface area contributed by atoms with E-state index in [1.54, 1.807) is 0 Å². The summed E-state index contributed by atoms with van der Waals surface area (Å²) in [5.41, 5.74) is 1.48. The molecule has 1 aliphatic heterocycles. The molecule has 2 aromatic heterocycles. The van der Waals surface area contributed by atoms with Crippen LogP contribution >= 0.6 is 0 Å². The Kier molecular flexibility index (Phi) is 5.82. The number of benzene rings is 2. The minimum Gasteiger partial charge on any atom is -0.361 e. The van der Waals surface area contributed by atoms with Gasteiger partial charge in [-0.2, -0.15) is 18.2 Å². The highest BCUT2D eigenvalue weighted by atomic mass is 19.4. The normalized spacial score (nSPS) is 15.2. The number of hydrogen-bond acceptors (Lipinski definition) is 5. The molecule has 0 unspecified atom stereocenters. The molecule has 0 saturated carbocycles. The van der Waals surface area contributed by atoms with E-state index < -0.39 is 11.7 Å². The van der Waals surface area contributed by atoms with Crippen LogP contribution in [0.3, 0.4) is 0 Å². The van der Waals surface area contributed by atoms with Crippen LogP contribution < -0.4 is 0 Å². The first-order chi connectivity index (χ1) is 16.4. The van der Waals surface area contributed by atoms with E-state index in [1.807, 2.05) is 35.4 Å². The number of alkyl halides is 3. The molecule has 0 radical (unpaired) electrons. The van der Waals surface area contributed by atoms with Crippen molar-refractivity contribution in [2.24, 2.45) is 0 Å². The molecule has 0 bridgehead atoms. The number of para-hydroxylation sites is 1. The highest BCUT2D eigenvalue weighted by molar-refractivity contribution is 5.88. The van der Waals surface area contributed by atoms with Gasteiger partial charge in [-0.05, 0) is 23.8 Å². The number of nitrogens with zero attached hydrogens (tertiary/aromatic N) is 4. The molecule has 1 saturated heterocycles. The van der Waals surface area contributed by atoms with Crippen molar-refractivity contribution >= 4 is 16.8 Å². The summed E-state index contributed by atoms with van der Waals surface area (Å²) < 4.78 is 44.1. The van der Waals surface area contributed by atoms with Gasteiger partial charge in [-0.3, -0.25) is 9.69 Å². The first-order valence-corrected chi connectivity index (χ1v) is 10.9. The molecule has 1 N–H and O–H groups in total. The minimum absolute atomic E-state index is 0.0778. The maximum atomic E-state index is 13.0. The fourth-order valence-corrected chi connectivity index (χ4v) is 4.17. The summed E-state index contributed by atoms with van der Waals surface area (Å²) in [6, 6.07) is 12.7. The number of hydrogen-bond donors (Lipinski definition) is 1. The van der Waals surface area contributed by atoms with Crippen LogP contribution in [0.5, 0.6) is 0 Å². The van der Waals surface area contributed by atoms with E-state index in [1.165, 1.54) is 12.1 Å². The number of amides is 1. The highest BCUT2D eigenvalue weighted by Gasteiger charge is 2.31. The maximum Gasteiger partial charge on any atom is 0.416 e. The Morgan fingerprint density at radius 1 is 1.06 bits per heavy atom. The van der Waals surface area contributed by atoms with Crippen molar-refractivity contribution in [3.05, 3.63) is 71.7 Å². The first-order valence-electron chi connectivity index (χ1n) is 10.9. The highest BCUT2D eigenvalue weighted by Crippen LogP contribution is 2.31. The van der Waals surface area contributed by atoms with Crippen LogP contribution in [0.4, 0.5) is 13.2 Å². The van der Waals surface area contributed by atoms with E-state index in [9.17, 15) is 18.0 Å². The summed E-state index contributed by atoms with van der Waals surface area (Å²) in [5, 5.41) is 4.90. The zero-order chi connectivity index (χ0) is 23.7. The number of nitrogens with one attached hydrogen (secondary N) is 1. The minimum atomic E-state index is -4.44. The molecule has 4 aromatic rings. The molecule has 1 amide bonds. The number of aromatic amines is 1. The molecule has 5 rings (SSSR count). The van der Waals surface area contributed by atoms with E-state index in [-0.39, 0.29) is 17.3 Å². The fourth-order valence-electron chi connectivity index (χ4n) is 4.17. The molecule has 2 aromatic carbocycles. The first kappa shape index (κ1) is 22.1. The number of piperazine rings is 1. The zero-order valence-corrected chi connectivity index (χ0v) is 18.2. The third kappa shape index (κ3) is 4.67. The van der Waals surface area contributed by atoms with Crippen LogP contribution in [0, 0.1) is 0 Å². The van der Waals surface area contributed by atoms with Gasteiger partial charge in [0.15, 0.2) is 0 Å². The summed E-state index contributed by atoms with van der Waals surface area (Å²) in [6.45, 7) is 2.81. The molecule has 176 valence electrons. The summed E-state index contributed by atoms with van der Waals surface area (Å²) in [4.78, 5) is 24.2. The Hall–Kier alpha value is -3.66. The second kappa shape index (κ2) is 8.94. The lowest BCUT2D eigenvalue weighted by atomic mass is 10.1. The van der Waals surface area contributed by atoms with Crippen LogP contribution in [0.15, 0.2) is 59.3 Å². The number of carbonyl (C=O) groups is 1. The molecule has 7 nitrogen and oxygen atoms in total. The number of aromatic nitrogens is 3. The van der Waals surface area contributed by atoms with E-state index in [0.717, 1.165) is 28.6 Å². The number of rotatable bonds is 5. The Labute approximate surface area is 193 Å². The maximum absolute atomic E-state index is 13.0. The van der Waals surface area contributed by atoms with Crippen molar-refractivity contribution in [3.63, 3.8) is 0 Å². The van der Waals surface area contributed by atoms with Crippen LogP contribution in [0.1, 0.15) is 17.0 Å². The summed E-state index contributed by atoms with van der Waals surface area (Å²) in [5.74, 6) is 0.522. The van der Waals surface area contributed by atoms with Crippen molar-refractivity contribution in [2.45, 2.75) is 19.1 Å². The number of fused-ring (bicyclic) bond motifs is 1. The van der Waals surface area contributed by atoms with Crippen molar-refractivity contribution in [1.82, 2.24) is 24.9 Å². The van der Waals surface area contributed by atoms with E-state index in [4.69, 9.17) is 4.52 Å². The van der Waals surface area contributed by atoms with Gasteiger partial charge in [0.2, 0.25) is 17.6 Å². The Balaban J connectivity index is 1.16. The monoisotopic (exact) mass is 469 g/mol. The molecular weight excluding hydrogens is 447 g/mol. The summed E-state index contributed by atoms with van der Waals surface area (Å²) in [7, 11) is 0. The van der Waals surface area contributed by atoms with Gasteiger partial charge < -0.3 is 14.4 Å². The smallest absolute Gasteiger partial charge is 0.361 e. The predicted octanol–water partition coefficient (Wildman–Crippen LogP) is 4.12. The van der Waals surface area contributed by atoms with Crippen molar-refractivity contribution in [3.8, 4) is 11.4 Å². The lowest BCUT2D eigenvalue weighted by molar-refractivity contribution is -0.137.